The van der Waals surface area contributed by atoms with Gasteiger partial charge in [-0.2, -0.15) is 0 Å². The average Bonchev–Trinajstić information content (AvgIpc) is 2.58. The lowest BCUT2D eigenvalue weighted by Gasteiger charge is -2.04. The van der Waals surface area contributed by atoms with Gasteiger partial charge in [0.25, 0.3) is 0 Å². The van der Waals surface area contributed by atoms with Gasteiger partial charge in [0.2, 0.25) is 0 Å². The molecule has 1 N–H and O–H groups in total. The number of aromatic nitrogens is 2. The minimum atomic E-state index is 0.00694. The predicted molar refractivity (Wildman–Crippen MR) is 37.9 cm³/mol. The second kappa shape index (κ2) is 2.00. The fourth-order valence-electron chi connectivity index (χ4n) is 1.04. The van der Waals surface area contributed by atoms with E-state index >= 15 is 0 Å². The van der Waals surface area contributed by atoms with Crippen LogP contribution in [0.25, 0.3) is 0 Å². The van der Waals surface area contributed by atoms with E-state index in [0.29, 0.717) is 0 Å². The molecule has 1 aliphatic rings. The van der Waals surface area contributed by atoms with Crippen molar-refractivity contribution in [1.29, 1.82) is 0 Å². The molecule has 0 aromatic carbocycles. The molecule has 54 valence electrons. The fraction of sp³-hybridized carbons (Fsp3) is 0.667. The van der Waals surface area contributed by atoms with Crippen molar-refractivity contribution in [3.63, 3.8) is 0 Å². The van der Waals surface area contributed by atoms with Crippen LogP contribution in [0.3, 0.4) is 0 Å². The Labute approximate surface area is 62.9 Å². The van der Waals surface area contributed by atoms with Crippen LogP contribution in [-0.2, 0) is 5.41 Å². The van der Waals surface area contributed by atoms with Crippen molar-refractivity contribution in [2.24, 2.45) is 0 Å². The number of hydrogen-bond donors (Lipinski definition) is 1. The quantitative estimate of drug-likeness (QED) is 0.680. The van der Waals surface area contributed by atoms with Gasteiger partial charge in [-0.15, -0.1) is 5.10 Å². The zero-order valence-corrected chi connectivity index (χ0v) is 6.27. The maximum absolute atomic E-state index is 8.97. The monoisotopic (exact) mass is 156 g/mol. The van der Waals surface area contributed by atoms with Crippen molar-refractivity contribution in [2.75, 3.05) is 6.61 Å². The summed E-state index contributed by atoms with van der Waals surface area (Å²) in [6, 6.07) is 0. The summed E-state index contributed by atoms with van der Waals surface area (Å²) in [7, 11) is 0. The number of hydrogen-bond acceptors (Lipinski definition) is 4. The molecule has 10 heavy (non-hydrogen) atoms. The third-order valence-corrected chi connectivity index (χ3v) is 2.56. The molecule has 3 nitrogen and oxygen atoms in total. The second-order valence-corrected chi connectivity index (χ2v) is 3.34. The minimum absolute atomic E-state index is 0.00694. The van der Waals surface area contributed by atoms with Crippen LogP contribution in [-0.4, -0.2) is 21.3 Å². The molecule has 1 heterocycles. The van der Waals surface area contributed by atoms with E-state index in [2.05, 4.69) is 9.59 Å². The van der Waals surface area contributed by atoms with Crippen LogP contribution in [0.4, 0.5) is 0 Å². The Morgan fingerprint density at radius 2 is 2.50 bits per heavy atom. The van der Waals surface area contributed by atoms with E-state index in [0.717, 1.165) is 18.5 Å². The Hall–Kier alpha value is -0.480. The van der Waals surface area contributed by atoms with Crippen LogP contribution in [0.2, 0.25) is 0 Å². The topological polar surface area (TPSA) is 46.0 Å². The predicted octanol–water partition coefficient (Wildman–Crippen LogP) is 0.562. The van der Waals surface area contributed by atoms with Crippen molar-refractivity contribution in [3.05, 3.63) is 11.1 Å². The summed E-state index contributed by atoms with van der Waals surface area (Å²) in [6.45, 7) is 0.221. The van der Waals surface area contributed by atoms with Crippen LogP contribution < -0.4 is 0 Å². The highest BCUT2D eigenvalue weighted by Crippen LogP contribution is 2.46. The van der Waals surface area contributed by atoms with Gasteiger partial charge in [0.1, 0.15) is 0 Å². The van der Waals surface area contributed by atoms with E-state index in [4.69, 9.17) is 5.11 Å². The molecule has 0 radical (unpaired) electrons. The van der Waals surface area contributed by atoms with Gasteiger partial charge in [-0.05, 0) is 24.4 Å². The molecule has 1 fully saturated rings. The van der Waals surface area contributed by atoms with E-state index in [-0.39, 0.29) is 12.0 Å². The lowest BCUT2D eigenvalue weighted by atomic mass is 10.1. The highest BCUT2D eigenvalue weighted by atomic mass is 32.1. The van der Waals surface area contributed by atoms with E-state index < -0.39 is 0 Å². The van der Waals surface area contributed by atoms with Crippen LogP contribution in [0.1, 0.15) is 18.5 Å². The first-order valence-electron chi connectivity index (χ1n) is 3.26. The molecule has 0 unspecified atom stereocenters. The first-order valence-corrected chi connectivity index (χ1v) is 4.09. The molecule has 1 saturated carbocycles. The zero-order chi connectivity index (χ0) is 7.03. The standard InChI is InChI=1S/C6H8N2OS/c9-4-6(1-2-6)5-3-10-8-7-5/h3,9H,1-2,4H2. The van der Waals surface area contributed by atoms with Crippen molar-refractivity contribution in [1.82, 2.24) is 9.59 Å². The van der Waals surface area contributed by atoms with Crippen molar-refractivity contribution < 1.29 is 5.11 Å². The summed E-state index contributed by atoms with van der Waals surface area (Å²) >= 11 is 1.35. The smallest absolute Gasteiger partial charge is 0.0840 e. The van der Waals surface area contributed by atoms with Crippen LogP contribution >= 0.6 is 11.5 Å². The molecular weight excluding hydrogens is 148 g/mol. The third kappa shape index (κ3) is 0.759. The molecule has 0 bridgehead atoms. The highest BCUT2D eigenvalue weighted by molar-refractivity contribution is 7.03. The number of aliphatic hydroxyl groups is 1. The summed E-state index contributed by atoms with van der Waals surface area (Å²) in [4.78, 5) is 0. The maximum Gasteiger partial charge on any atom is 0.0840 e. The molecule has 1 aromatic heterocycles. The highest BCUT2D eigenvalue weighted by Gasteiger charge is 2.45. The van der Waals surface area contributed by atoms with E-state index in [1.54, 1.807) is 0 Å². The van der Waals surface area contributed by atoms with Gasteiger partial charge < -0.3 is 5.11 Å². The van der Waals surface area contributed by atoms with Gasteiger partial charge in [-0.1, -0.05) is 4.49 Å². The number of aliphatic hydroxyl groups excluding tert-OH is 1. The van der Waals surface area contributed by atoms with Gasteiger partial charge in [-0.25, -0.2) is 0 Å². The molecular formula is C6H8N2OS. The van der Waals surface area contributed by atoms with Crippen molar-refractivity contribution >= 4 is 11.5 Å². The first kappa shape index (κ1) is 6.24. The van der Waals surface area contributed by atoms with Gasteiger partial charge in [0.05, 0.1) is 12.3 Å². The van der Waals surface area contributed by atoms with Crippen molar-refractivity contribution in [3.8, 4) is 0 Å². The number of nitrogens with zero attached hydrogens (tertiary/aromatic N) is 2. The summed E-state index contributed by atoms with van der Waals surface area (Å²) in [6.07, 6.45) is 2.13. The largest absolute Gasteiger partial charge is 0.395 e. The maximum atomic E-state index is 8.97. The molecule has 0 amide bonds. The Kier molecular flexibility index (Phi) is 1.25. The zero-order valence-electron chi connectivity index (χ0n) is 5.45. The fourth-order valence-corrected chi connectivity index (χ4v) is 1.62. The molecule has 4 heteroatoms. The van der Waals surface area contributed by atoms with Crippen molar-refractivity contribution in [2.45, 2.75) is 18.3 Å². The van der Waals surface area contributed by atoms with Crippen LogP contribution in [0, 0.1) is 0 Å². The van der Waals surface area contributed by atoms with E-state index in [1.165, 1.54) is 11.5 Å². The van der Waals surface area contributed by atoms with Gasteiger partial charge in [-0.3, -0.25) is 0 Å². The molecule has 0 atom stereocenters. The second-order valence-electron chi connectivity index (χ2n) is 2.73. The normalized spacial score (nSPS) is 20.9. The molecule has 1 aromatic rings. The summed E-state index contributed by atoms with van der Waals surface area (Å²) in [5, 5.41) is 14.8. The minimum Gasteiger partial charge on any atom is -0.395 e. The van der Waals surface area contributed by atoms with E-state index in [1.807, 2.05) is 5.38 Å². The van der Waals surface area contributed by atoms with Gasteiger partial charge in [0.15, 0.2) is 0 Å². The molecule has 1 aliphatic carbocycles. The van der Waals surface area contributed by atoms with Crippen LogP contribution in [0.15, 0.2) is 5.38 Å². The summed E-state index contributed by atoms with van der Waals surface area (Å²) in [5.41, 5.74) is 0.979. The lowest BCUT2D eigenvalue weighted by molar-refractivity contribution is 0.252. The van der Waals surface area contributed by atoms with Crippen LogP contribution in [0.5, 0.6) is 0 Å². The molecule has 2 rings (SSSR count). The van der Waals surface area contributed by atoms with Gasteiger partial charge in [0, 0.05) is 10.8 Å². The summed E-state index contributed by atoms with van der Waals surface area (Å²) in [5.74, 6) is 0. The Bertz CT molecular complexity index is 218. The summed E-state index contributed by atoms with van der Waals surface area (Å²) < 4.78 is 3.76. The third-order valence-electron chi connectivity index (χ3n) is 2.06. The molecule has 0 saturated heterocycles. The Balaban J connectivity index is 2.27. The number of rotatable bonds is 2. The first-order chi connectivity index (χ1) is 4.87. The SMILES string of the molecule is OCC1(c2csnn2)CC1. The Morgan fingerprint density at radius 1 is 1.70 bits per heavy atom. The lowest BCUT2D eigenvalue weighted by Crippen LogP contribution is -2.11. The molecule has 0 spiro atoms. The van der Waals surface area contributed by atoms with E-state index in [9.17, 15) is 0 Å². The average molecular weight is 156 g/mol. The van der Waals surface area contributed by atoms with Gasteiger partial charge >= 0.3 is 0 Å². The molecule has 0 aliphatic heterocycles. The Morgan fingerprint density at radius 3 is 2.90 bits per heavy atom.